The minimum Gasteiger partial charge on any atom is -0.453 e. The number of carbonyl (C=O) groups excluding carboxylic acids is 2. The van der Waals surface area contributed by atoms with Gasteiger partial charge in [-0.25, -0.2) is 17.6 Å². The van der Waals surface area contributed by atoms with Crippen LogP contribution in [0.3, 0.4) is 0 Å². The number of halogens is 2. The first-order valence-corrected chi connectivity index (χ1v) is 15.4. The number of alkyl carbamates (subject to hydrolysis) is 1. The zero-order valence-corrected chi connectivity index (χ0v) is 25.0. The van der Waals surface area contributed by atoms with Crippen molar-refractivity contribution in [3.05, 3.63) is 64.4 Å². The Labute approximate surface area is 240 Å². The Hall–Kier alpha value is -2.73. The fourth-order valence-electron chi connectivity index (χ4n) is 5.43. The molecular formula is C28H38ClFN4O5S. The predicted octanol–water partition coefficient (Wildman–Crippen LogP) is 4.14. The maximum atomic E-state index is 15.1. The van der Waals surface area contributed by atoms with Crippen molar-refractivity contribution in [2.24, 2.45) is 5.92 Å². The lowest BCUT2D eigenvalue weighted by molar-refractivity contribution is -0.118. The van der Waals surface area contributed by atoms with E-state index in [1.54, 1.807) is 30.3 Å². The number of nitrogens with one attached hydrogen (secondary N) is 3. The maximum Gasteiger partial charge on any atom is 0.407 e. The summed E-state index contributed by atoms with van der Waals surface area (Å²) >= 11 is 6.07. The number of hydrogen-bond donors (Lipinski definition) is 3. The molecule has 1 aliphatic rings. The highest BCUT2D eigenvalue weighted by molar-refractivity contribution is 7.88. The van der Waals surface area contributed by atoms with Crippen LogP contribution in [-0.4, -0.2) is 69.3 Å². The van der Waals surface area contributed by atoms with Gasteiger partial charge in [0.1, 0.15) is 11.9 Å². The summed E-state index contributed by atoms with van der Waals surface area (Å²) in [6.07, 6.45) is 0.931. The predicted molar refractivity (Wildman–Crippen MR) is 155 cm³/mol. The van der Waals surface area contributed by atoms with Gasteiger partial charge in [-0.15, -0.1) is 0 Å². The summed E-state index contributed by atoms with van der Waals surface area (Å²) in [6.45, 7) is 6.66. The molecule has 9 nitrogen and oxygen atoms in total. The normalized spacial score (nSPS) is 19.6. The lowest BCUT2D eigenvalue weighted by atomic mass is 9.82. The number of rotatable bonds is 10. The Morgan fingerprint density at radius 2 is 1.85 bits per heavy atom. The minimum absolute atomic E-state index is 0.0798. The van der Waals surface area contributed by atoms with E-state index in [4.69, 9.17) is 16.3 Å². The third kappa shape index (κ3) is 7.93. The second-order valence-electron chi connectivity index (χ2n) is 10.5. The molecule has 4 atom stereocenters. The minimum atomic E-state index is -3.47. The quantitative estimate of drug-likeness (QED) is 0.380. The number of carbonyl (C=O) groups is 2. The van der Waals surface area contributed by atoms with E-state index in [1.807, 2.05) is 20.8 Å². The summed E-state index contributed by atoms with van der Waals surface area (Å²) in [4.78, 5) is 26.0. The molecule has 2 aromatic rings. The SMILES string of the molecule is COC(=O)N[C@H](C(=O)Nc1cccc(F)c1CC[C@H]1CNC[C@H](C)N1S(C)(=O)=O)[C@@H](c1ccc(Cl)cc1)C(C)C. The van der Waals surface area contributed by atoms with Gasteiger partial charge >= 0.3 is 6.09 Å². The summed E-state index contributed by atoms with van der Waals surface area (Å²) in [5.41, 5.74) is 1.30. The number of anilines is 1. The highest BCUT2D eigenvalue weighted by Gasteiger charge is 2.36. The molecule has 40 heavy (non-hydrogen) atoms. The third-order valence-corrected chi connectivity index (χ3v) is 8.85. The summed E-state index contributed by atoms with van der Waals surface area (Å²) in [7, 11) is -2.26. The molecule has 2 amide bonds. The molecule has 1 heterocycles. The number of nitrogens with zero attached hydrogens (tertiary/aromatic N) is 1. The molecular weight excluding hydrogens is 559 g/mol. The van der Waals surface area contributed by atoms with Crippen LogP contribution in [0.15, 0.2) is 42.5 Å². The van der Waals surface area contributed by atoms with Gasteiger partial charge in [0.05, 0.1) is 13.4 Å². The first-order valence-electron chi connectivity index (χ1n) is 13.2. The van der Waals surface area contributed by atoms with Crippen molar-refractivity contribution < 1.29 is 27.1 Å². The van der Waals surface area contributed by atoms with Gasteiger partial charge in [0.25, 0.3) is 0 Å². The molecule has 1 aliphatic heterocycles. The molecule has 0 aromatic heterocycles. The van der Waals surface area contributed by atoms with Crippen LogP contribution in [0.1, 0.15) is 44.2 Å². The third-order valence-electron chi connectivity index (χ3n) is 7.17. The molecule has 1 fully saturated rings. The average Bonchev–Trinajstić information content (AvgIpc) is 2.88. The molecule has 0 bridgehead atoms. The Bertz CT molecular complexity index is 1290. The van der Waals surface area contributed by atoms with Gasteiger partial charge in [-0.05, 0) is 55.5 Å². The summed E-state index contributed by atoms with van der Waals surface area (Å²) in [6, 6.07) is 9.75. The lowest BCUT2D eigenvalue weighted by Gasteiger charge is -2.39. The topological polar surface area (TPSA) is 117 Å². The molecule has 0 unspecified atom stereocenters. The lowest BCUT2D eigenvalue weighted by Crippen LogP contribution is -2.58. The largest absolute Gasteiger partial charge is 0.453 e. The zero-order chi connectivity index (χ0) is 29.6. The van der Waals surface area contributed by atoms with Crippen LogP contribution >= 0.6 is 11.6 Å². The molecule has 0 radical (unpaired) electrons. The van der Waals surface area contributed by atoms with Gasteiger partial charge in [-0.1, -0.05) is 43.6 Å². The molecule has 0 spiro atoms. The second-order valence-corrected chi connectivity index (χ2v) is 12.8. The molecule has 3 N–H and O–H groups in total. The fourth-order valence-corrected chi connectivity index (χ4v) is 7.00. The monoisotopic (exact) mass is 596 g/mol. The first-order chi connectivity index (χ1) is 18.8. The van der Waals surface area contributed by atoms with Gasteiger partial charge in [0, 0.05) is 47.4 Å². The van der Waals surface area contributed by atoms with Crippen LogP contribution in [0.25, 0.3) is 0 Å². The number of ether oxygens (including phenoxy) is 1. The van der Waals surface area contributed by atoms with E-state index in [-0.39, 0.29) is 35.7 Å². The van der Waals surface area contributed by atoms with Crippen LogP contribution < -0.4 is 16.0 Å². The fraction of sp³-hybridized carbons (Fsp3) is 0.500. The van der Waals surface area contributed by atoms with Crippen LogP contribution in [0.2, 0.25) is 5.02 Å². The van der Waals surface area contributed by atoms with Crippen molar-refractivity contribution in [2.45, 2.75) is 57.7 Å². The first kappa shape index (κ1) is 31.8. The molecule has 2 aromatic carbocycles. The van der Waals surface area contributed by atoms with E-state index in [1.165, 1.54) is 29.8 Å². The van der Waals surface area contributed by atoms with Crippen molar-refractivity contribution in [3.63, 3.8) is 0 Å². The van der Waals surface area contributed by atoms with Gasteiger partial charge in [-0.2, -0.15) is 4.31 Å². The van der Waals surface area contributed by atoms with Crippen molar-refractivity contribution in [3.8, 4) is 0 Å². The van der Waals surface area contributed by atoms with Crippen molar-refractivity contribution in [2.75, 3.05) is 31.8 Å². The molecule has 0 aliphatic carbocycles. The Morgan fingerprint density at radius 1 is 1.18 bits per heavy atom. The molecule has 0 saturated carbocycles. The Morgan fingerprint density at radius 3 is 2.45 bits per heavy atom. The van der Waals surface area contributed by atoms with E-state index in [9.17, 15) is 18.0 Å². The van der Waals surface area contributed by atoms with Crippen molar-refractivity contribution in [1.29, 1.82) is 0 Å². The number of hydrogen-bond acceptors (Lipinski definition) is 6. The summed E-state index contributed by atoms with van der Waals surface area (Å²) < 4.78 is 46.3. The van der Waals surface area contributed by atoms with E-state index in [0.717, 1.165) is 5.56 Å². The molecule has 12 heteroatoms. The van der Waals surface area contributed by atoms with Gasteiger partial charge < -0.3 is 20.7 Å². The van der Waals surface area contributed by atoms with Crippen LogP contribution in [0.5, 0.6) is 0 Å². The van der Waals surface area contributed by atoms with E-state index in [2.05, 4.69) is 16.0 Å². The van der Waals surface area contributed by atoms with Crippen molar-refractivity contribution >= 4 is 39.3 Å². The molecule has 220 valence electrons. The highest BCUT2D eigenvalue weighted by atomic mass is 35.5. The van der Waals surface area contributed by atoms with Crippen molar-refractivity contribution in [1.82, 2.24) is 14.9 Å². The maximum absolute atomic E-state index is 15.1. The second kappa shape index (κ2) is 13.8. The number of amides is 2. The zero-order valence-electron chi connectivity index (χ0n) is 23.4. The van der Waals surface area contributed by atoms with E-state index in [0.29, 0.717) is 24.5 Å². The standard InChI is InChI=1S/C28H38ClFN4O5S/c1-17(2)25(19-9-11-20(29)12-10-19)26(33-28(36)39-4)27(35)32-24-8-6-7-23(30)22(24)14-13-21-16-31-15-18(3)34(21)40(5,37)38/h6-12,17-18,21,25-26,31H,13-16H2,1-5H3,(H,32,35)(H,33,36)/t18-,21-,25+,26-/m0/s1. The summed E-state index contributed by atoms with van der Waals surface area (Å²) in [5, 5.41) is 9.23. The highest BCUT2D eigenvalue weighted by Crippen LogP contribution is 2.31. The number of methoxy groups -OCH3 is 1. The van der Waals surface area contributed by atoms with Crippen LogP contribution in [-0.2, 0) is 26.0 Å². The number of benzene rings is 2. The van der Waals surface area contributed by atoms with Gasteiger partial charge in [-0.3, -0.25) is 4.79 Å². The van der Waals surface area contributed by atoms with Gasteiger partial charge in [0.15, 0.2) is 0 Å². The Balaban J connectivity index is 1.89. The van der Waals surface area contributed by atoms with Crippen LogP contribution in [0.4, 0.5) is 14.9 Å². The van der Waals surface area contributed by atoms with E-state index < -0.39 is 39.8 Å². The van der Waals surface area contributed by atoms with Gasteiger partial charge in [0.2, 0.25) is 15.9 Å². The summed E-state index contributed by atoms with van der Waals surface area (Å²) in [5.74, 6) is -1.59. The number of sulfonamides is 1. The number of piperazine rings is 1. The molecule has 1 saturated heterocycles. The smallest absolute Gasteiger partial charge is 0.407 e. The Kier molecular flexibility index (Phi) is 10.9. The molecule has 3 rings (SSSR count). The van der Waals surface area contributed by atoms with Crippen LogP contribution in [0, 0.1) is 11.7 Å². The average molecular weight is 597 g/mol. The van der Waals surface area contributed by atoms with E-state index >= 15 is 4.39 Å².